The van der Waals surface area contributed by atoms with Gasteiger partial charge in [-0.2, -0.15) is 0 Å². The highest BCUT2D eigenvalue weighted by molar-refractivity contribution is 7.89. The van der Waals surface area contributed by atoms with E-state index in [4.69, 9.17) is 23.2 Å². The minimum absolute atomic E-state index is 0.0442. The molecule has 0 aliphatic carbocycles. The maximum Gasteiger partial charge on any atom is 0.261 e. The van der Waals surface area contributed by atoms with Crippen LogP contribution in [-0.4, -0.2) is 24.5 Å². The Morgan fingerprint density at radius 3 is 2.73 bits per heavy atom. The molecule has 1 aromatic rings. The monoisotopic (exact) mass is 269 g/mol. The van der Waals surface area contributed by atoms with Crippen molar-refractivity contribution in [3.63, 3.8) is 0 Å². The molecule has 84 valence electrons. The van der Waals surface area contributed by atoms with Crippen molar-refractivity contribution in [1.82, 2.24) is 14.3 Å². The first-order chi connectivity index (χ1) is 6.84. The van der Waals surface area contributed by atoms with E-state index in [1.54, 1.807) is 7.05 Å². The van der Waals surface area contributed by atoms with Crippen LogP contribution in [0.3, 0.4) is 0 Å². The average Bonchev–Trinajstić information content (AvgIpc) is 2.45. The molecule has 0 unspecified atom stereocenters. The second-order valence-corrected chi connectivity index (χ2v) is 5.37. The number of nitrogens with zero attached hydrogens (tertiary/aromatic N) is 2. The summed E-state index contributed by atoms with van der Waals surface area (Å²) in [7, 11) is -2.13. The summed E-state index contributed by atoms with van der Waals surface area (Å²) in [4.78, 5) is 3.67. The lowest BCUT2D eigenvalue weighted by Crippen LogP contribution is -2.25. The predicted molar refractivity (Wildman–Crippen MR) is 58.4 cm³/mol. The summed E-state index contributed by atoms with van der Waals surface area (Å²) in [6.07, 6.45) is 1.31. The molecule has 1 rings (SSSR count). The standard InChI is InChI=1S/C7H9Cl2N3O2S/c1-5(8)3-11-15(13,14)7-6(9)12(2)4-10-7/h4,11H,1,3H2,2H3. The first-order valence-electron chi connectivity index (χ1n) is 3.84. The van der Waals surface area contributed by atoms with Crippen molar-refractivity contribution in [3.8, 4) is 0 Å². The number of hydrogen-bond donors (Lipinski definition) is 1. The second kappa shape index (κ2) is 4.52. The molecule has 0 saturated carbocycles. The van der Waals surface area contributed by atoms with E-state index in [9.17, 15) is 8.42 Å². The van der Waals surface area contributed by atoms with Crippen molar-refractivity contribution >= 4 is 33.2 Å². The summed E-state index contributed by atoms with van der Waals surface area (Å²) >= 11 is 11.2. The maximum absolute atomic E-state index is 11.6. The third kappa shape index (κ3) is 2.94. The molecule has 0 fully saturated rings. The SMILES string of the molecule is C=C(Cl)CNS(=O)(=O)c1ncn(C)c1Cl. The fraction of sp³-hybridized carbons (Fsp3) is 0.286. The Kier molecular flexibility index (Phi) is 3.77. The Balaban J connectivity index is 2.97. The lowest BCUT2D eigenvalue weighted by molar-refractivity contribution is 0.582. The molecule has 1 N–H and O–H groups in total. The molecule has 1 heterocycles. The van der Waals surface area contributed by atoms with E-state index in [-0.39, 0.29) is 21.8 Å². The number of halogens is 2. The van der Waals surface area contributed by atoms with Gasteiger partial charge >= 0.3 is 0 Å². The Hall–Kier alpha value is -0.560. The summed E-state index contributed by atoms with van der Waals surface area (Å²) < 4.78 is 26.8. The lowest BCUT2D eigenvalue weighted by Gasteiger charge is -2.03. The van der Waals surface area contributed by atoms with Gasteiger partial charge < -0.3 is 4.57 Å². The summed E-state index contributed by atoms with van der Waals surface area (Å²) in [5, 5.41) is 0.0119. The minimum Gasteiger partial charge on any atom is -0.324 e. The summed E-state index contributed by atoms with van der Waals surface area (Å²) in [5.41, 5.74) is 0. The fourth-order valence-corrected chi connectivity index (χ4v) is 2.41. The zero-order valence-electron chi connectivity index (χ0n) is 7.87. The van der Waals surface area contributed by atoms with E-state index < -0.39 is 10.0 Å². The highest BCUT2D eigenvalue weighted by Crippen LogP contribution is 2.18. The van der Waals surface area contributed by atoms with Crippen LogP contribution < -0.4 is 4.72 Å². The molecular weight excluding hydrogens is 261 g/mol. The highest BCUT2D eigenvalue weighted by Gasteiger charge is 2.21. The molecule has 0 saturated heterocycles. The zero-order chi connectivity index (χ0) is 11.6. The molecule has 1 aromatic heterocycles. The zero-order valence-corrected chi connectivity index (χ0v) is 10.2. The number of aromatic nitrogens is 2. The van der Waals surface area contributed by atoms with E-state index in [0.29, 0.717) is 0 Å². The number of imidazole rings is 1. The Morgan fingerprint density at radius 1 is 1.73 bits per heavy atom. The molecule has 0 spiro atoms. The van der Waals surface area contributed by atoms with Gasteiger partial charge in [0.2, 0.25) is 5.03 Å². The normalized spacial score (nSPS) is 11.7. The van der Waals surface area contributed by atoms with Crippen LogP contribution >= 0.6 is 23.2 Å². The van der Waals surface area contributed by atoms with E-state index in [1.165, 1.54) is 10.9 Å². The van der Waals surface area contributed by atoms with Crippen LogP contribution in [-0.2, 0) is 17.1 Å². The number of aryl methyl sites for hydroxylation is 1. The van der Waals surface area contributed by atoms with Gasteiger partial charge in [0.1, 0.15) is 5.15 Å². The fourth-order valence-electron chi connectivity index (χ4n) is 0.816. The van der Waals surface area contributed by atoms with E-state index >= 15 is 0 Å². The van der Waals surface area contributed by atoms with Gasteiger partial charge in [-0.25, -0.2) is 18.1 Å². The molecule has 0 atom stereocenters. The summed E-state index contributed by atoms with van der Waals surface area (Å²) in [6, 6.07) is 0. The number of hydrogen-bond acceptors (Lipinski definition) is 3. The van der Waals surface area contributed by atoms with Crippen LogP contribution in [0.25, 0.3) is 0 Å². The molecule has 0 aliphatic heterocycles. The number of nitrogens with one attached hydrogen (secondary N) is 1. The lowest BCUT2D eigenvalue weighted by atomic mass is 10.7. The Labute approximate surface area is 97.8 Å². The minimum atomic E-state index is -3.72. The second-order valence-electron chi connectivity index (χ2n) is 2.79. The van der Waals surface area contributed by atoms with Crippen LogP contribution in [0.1, 0.15) is 0 Å². The van der Waals surface area contributed by atoms with Crippen LogP contribution in [0.4, 0.5) is 0 Å². The van der Waals surface area contributed by atoms with Crippen LogP contribution in [0.15, 0.2) is 23.0 Å². The molecule has 0 bridgehead atoms. The van der Waals surface area contributed by atoms with E-state index in [0.717, 1.165) is 0 Å². The first-order valence-corrected chi connectivity index (χ1v) is 6.08. The quantitative estimate of drug-likeness (QED) is 0.891. The number of rotatable bonds is 4. The van der Waals surface area contributed by atoms with E-state index in [1.807, 2.05) is 0 Å². The van der Waals surface area contributed by atoms with Gasteiger partial charge in [-0.3, -0.25) is 0 Å². The Morgan fingerprint density at radius 2 is 2.33 bits per heavy atom. The summed E-state index contributed by atoms with van der Waals surface area (Å²) in [6.45, 7) is 3.30. The Bertz CT molecular complexity index is 480. The number of sulfonamides is 1. The molecule has 8 heteroatoms. The largest absolute Gasteiger partial charge is 0.324 e. The highest BCUT2D eigenvalue weighted by atomic mass is 35.5. The first kappa shape index (κ1) is 12.5. The maximum atomic E-state index is 11.6. The van der Waals surface area contributed by atoms with Gasteiger partial charge in [-0.15, -0.1) is 0 Å². The van der Waals surface area contributed by atoms with Crippen LogP contribution in [0.2, 0.25) is 5.15 Å². The van der Waals surface area contributed by atoms with Crippen molar-refractivity contribution in [2.45, 2.75) is 5.03 Å². The molecule has 0 radical (unpaired) electrons. The van der Waals surface area contributed by atoms with Crippen molar-refractivity contribution in [2.75, 3.05) is 6.54 Å². The molecule has 5 nitrogen and oxygen atoms in total. The van der Waals surface area contributed by atoms with Gasteiger partial charge in [0.15, 0.2) is 0 Å². The van der Waals surface area contributed by atoms with Gasteiger partial charge in [0.05, 0.1) is 6.33 Å². The molecule has 0 aromatic carbocycles. The topological polar surface area (TPSA) is 64.0 Å². The third-order valence-corrected chi connectivity index (χ3v) is 3.57. The van der Waals surface area contributed by atoms with Crippen molar-refractivity contribution in [3.05, 3.63) is 23.1 Å². The van der Waals surface area contributed by atoms with Crippen LogP contribution in [0, 0.1) is 0 Å². The molecular formula is C7H9Cl2N3O2S. The molecule has 0 aliphatic rings. The van der Waals surface area contributed by atoms with E-state index in [2.05, 4.69) is 16.3 Å². The third-order valence-electron chi connectivity index (χ3n) is 1.54. The van der Waals surface area contributed by atoms with Crippen molar-refractivity contribution in [1.29, 1.82) is 0 Å². The summed E-state index contributed by atoms with van der Waals surface area (Å²) in [5.74, 6) is 0. The van der Waals surface area contributed by atoms with Gasteiger partial charge in [0, 0.05) is 18.6 Å². The van der Waals surface area contributed by atoms with Crippen molar-refractivity contribution < 1.29 is 8.42 Å². The average molecular weight is 270 g/mol. The van der Waals surface area contributed by atoms with Crippen LogP contribution in [0.5, 0.6) is 0 Å². The van der Waals surface area contributed by atoms with Gasteiger partial charge in [0.25, 0.3) is 10.0 Å². The van der Waals surface area contributed by atoms with Crippen molar-refractivity contribution in [2.24, 2.45) is 7.05 Å². The smallest absolute Gasteiger partial charge is 0.261 e. The van der Waals surface area contributed by atoms with Gasteiger partial charge in [-0.1, -0.05) is 29.8 Å². The molecule has 0 amide bonds. The predicted octanol–water partition coefficient (Wildman–Crippen LogP) is 1.10. The molecule has 15 heavy (non-hydrogen) atoms. The van der Waals surface area contributed by atoms with Gasteiger partial charge in [-0.05, 0) is 0 Å².